The van der Waals surface area contributed by atoms with Gasteiger partial charge in [-0.3, -0.25) is 4.79 Å². The topological polar surface area (TPSA) is 29.1 Å². The van der Waals surface area contributed by atoms with Crippen LogP contribution < -0.4 is 5.32 Å². The molecule has 0 aromatic heterocycles. The van der Waals surface area contributed by atoms with Gasteiger partial charge in [0.1, 0.15) is 0 Å². The van der Waals surface area contributed by atoms with Crippen LogP contribution in [0.2, 0.25) is 0 Å². The third kappa shape index (κ3) is 3.61. The number of hydrogen-bond donors (Lipinski definition) is 1. The van der Waals surface area contributed by atoms with Crippen LogP contribution in [0.4, 0.5) is 5.69 Å². The highest BCUT2D eigenvalue weighted by molar-refractivity contribution is 9.11. The van der Waals surface area contributed by atoms with Crippen LogP contribution in [0, 0.1) is 6.92 Å². The maximum Gasteiger partial charge on any atom is 0.224 e. The van der Waals surface area contributed by atoms with Crippen molar-refractivity contribution in [2.45, 2.75) is 26.7 Å². The van der Waals surface area contributed by atoms with Gasteiger partial charge in [0.2, 0.25) is 5.91 Å². The summed E-state index contributed by atoms with van der Waals surface area (Å²) in [5.74, 6) is 0.0442. The summed E-state index contributed by atoms with van der Waals surface area (Å²) in [6, 6.07) is 3.96. The molecule has 1 aromatic carbocycles. The molecule has 0 atom stereocenters. The number of nitrogens with one attached hydrogen (secondary N) is 1. The zero-order valence-corrected chi connectivity index (χ0v) is 11.9. The summed E-state index contributed by atoms with van der Waals surface area (Å²) < 4.78 is 1.80. The van der Waals surface area contributed by atoms with E-state index in [1.165, 1.54) is 0 Å². The molecule has 0 fully saturated rings. The molecular weight excluding hydrogens is 322 g/mol. The molecule has 15 heavy (non-hydrogen) atoms. The number of rotatable bonds is 3. The highest BCUT2D eigenvalue weighted by Crippen LogP contribution is 2.32. The molecule has 0 saturated carbocycles. The second kappa shape index (κ2) is 5.66. The van der Waals surface area contributed by atoms with Crippen LogP contribution in [0.3, 0.4) is 0 Å². The molecule has 1 aromatic rings. The van der Waals surface area contributed by atoms with E-state index in [4.69, 9.17) is 0 Å². The van der Waals surface area contributed by atoms with Crippen molar-refractivity contribution >= 4 is 43.5 Å². The molecule has 1 rings (SSSR count). The predicted octanol–water partition coefficient (Wildman–Crippen LogP) is 4.26. The average molecular weight is 335 g/mol. The summed E-state index contributed by atoms with van der Waals surface area (Å²) >= 11 is 6.87. The van der Waals surface area contributed by atoms with Crippen LogP contribution in [0.1, 0.15) is 25.3 Å². The van der Waals surface area contributed by atoms with Gasteiger partial charge in [-0.05, 0) is 62.9 Å². The third-order valence-corrected chi connectivity index (χ3v) is 3.18. The molecule has 0 bridgehead atoms. The highest BCUT2D eigenvalue weighted by Gasteiger charge is 2.09. The lowest BCUT2D eigenvalue weighted by Crippen LogP contribution is -2.11. The standard InChI is InChI=1S/C11H13Br2NO/c1-3-4-10(15)14-11-8(12)5-7(2)6-9(11)13/h5-6H,3-4H2,1-2H3,(H,14,15). The van der Waals surface area contributed by atoms with Gasteiger partial charge in [0, 0.05) is 15.4 Å². The number of carbonyl (C=O) groups excluding carboxylic acids is 1. The summed E-state index contributed by atoms with van der Waals surface area (Å²) in [5.41, 5.74) is 1.95. The van der Waals surface area contributed by atoms with Crippen LogP contribution >= 0.6 is 31.9 Å². The first-order valence-electron chi connectivity index (χ1n) is 4.80. The smallest absolute Gasteiger partial charge is 0.224 e. The number of carbonyl (C=O) groups is 1. The first-order chi connectivity index (χ1) is 7.04. The van der Waals surface area contributed by atoms with Gasteiger partial charge in [0.15, 0.2) is 0 Å². The van der Waals surface area contributed by atoms with Crippen LogP contribution in [-0.2, 0) is 4.79 Å². The number of hydrogen-bond acceptors (Lipinski definition) is 1. The second-order valence-electron chi connectivity index (χ2n) is 3.40. The van der Waals surface area contributed by atoms with Crippen molar-refractivity contribution < 1.29 is 4.79 Å². The van der Waals surface area contributed by atoms with Crippen molar-refractivity contribution in [2.75, 3.05) is 5.32 Å². The van der Waals surface area contributed by atoms with Crippen LogP contribution in [-0.4, -0.2) is 5.91 Å². The Balaban J connectivity index is 2.90. The Bertz CT molecular complexity index is 354. The first kappa shape index (κ1) is 12.7. The Morgan fingerprint density at radius 1 is 1.33 bits per heavy atom. The Morgan fingerprint density at radius 3 is 2.33 bits per heavy atom. The number of amides is 1. The average Bonchev–Trinajstić information content (AvgIpc) is 2.11. The molecule has 2 nitrogen and oxygen atoms in total. The molecule has 0 aliphatic heterocycles. The Hall–Kier alpha value is -0.350. The van der Waals surface area contributed by atoms with Gasteiger partial charge < -0.3 is 5.32 Å². The van der Waals surface area contributed by atoms with E-state index in [9.17, 15) is 4.79 Å². The fraction of sp³-hybridized carbons (Fsp3) is 0.364. The van der Waals surface area contributed by atoms with Crippen molar-refractivity contribution in [3.63, 3.8) is 0 Å². The molecule has 0 spiro atoms. The van der Waals surface area contributed by atoms with Gasteiger partial charge in [-0.15, -0.1) is 0 Å². The maximum atomic E-state index is 11.4. The van der Waals surface area contributed by atoms with Gasteiger partial charge >= 0.3 is 0 Å². The monoisotopic (exact) mass is 333 g/mol. The lowest BCUT2D eigenvalue weighted by molar-refractivity contribution is -0.116. The Morgan fingerprint density at radius 2 is 1.87 bits per heavy atom. The van der Waals surface area contributed by atoms with E-state index in [0.29, 0.717) is 6.42 Å². The van der Waals surface area contributed by atoms with E-state index in [1.807, 2.05) is 26.0 Å². The normalized spacial score (nSPS) is 10.1. The number of halogens is 2. The molecule has 1 N–H and O–H groups in total. The summed E-state index contributed by atoms with van der Waals surface area (Å²) in [6.45, 7) is 3.99. The van der Waals surface area contributed by atoms with Crippen molar-refractivity contribution in [1.29, 1.82) is 0 Å². The molecule has 1 amide bonds. The minimum absolute atomic E-state index is 0.0442. The molecule has 0 unspecified atom stereocenters. The first-order valence-corrected chi connectivity index (χ1v) is 6.38. The fourth-order valence-corrected chi connectivity index (χ4v) is 2.86. The molecule has 82 valence electrons. The van der Waals surface area contributed by atoms with Gasteiger partial charge in [-0.1, -0.05) is 6.92 Å². The fourth-order valence-electron chi connectivity index (χ4n) is 1.25. The molecule has 0 aliphatic carbocycles. The van der Waals surface area contributed by atoms with E-state index in [-0.39, 0.29) is 5.91 Å². The molecule has 0 aliphatic rings. The predicted molar refractivity (Wildman–Crippen MR) is 70.1 cm³/mol. The van der Waals surface area contributed by atoms with E-state index in [2.05, 4.69) is 37.2 Å². The quantitative estimate of drug-likeness (QED) is 0.879. The zero-order valence-electron chi connectivity index (χ0n) is 8.73. The second-order valence-corrected chi connectivity index (χ2v) is 5.11. The van der Waals surface area contributed by atoms with Crippen molar-refractivity contribution in [1.82, 2.24) is 0 Å². The largest absolute Gasteiger partial charge is 0.324 e. The SMILES string of the molecule is CCCC(=O)Nc1c(Br)cc(C)cc1Br. The Labute approximate surface area is 107 Å². The maximum absolute atomic E-state index is 11.4. The lowest BCUT2D eigenvalue weighted by Gasteiger charge is -2.10. The number of anilines is 1. The van der Waals surface area contributed by atoms with Gasteiger partial charge in [0.25, 0.3) is 0 Å². The summed E-state index contributed by atoms with van der Waals surface area (Å²) in [7, 11) is 0. The van der Waals surface area contributed by atoms with Gasteiger partial charge in [0.05, 0.1) is 5.69 Å². The highest BCUT2D eigenvalue weighted by atomic mass is 79.9. The van der Waals surface area contributed by atoms with Gasteiger partial charge in [-0.2, -0.15) is 0 Å². The van der Waals surface area contributed by atoms with E-state index in [0.717, 1.165) is 26.6 Å². The number of benzene rings is 1. The Kier molecular flexibility index (Phi) is 4.80. The number of aryl methyl sites for hydroxylation is 1. The van der Waals surface area contributed by atoms with E-state index in [1.54, 1.807) is 0 Å². The van der Waals surface area contributed by atoms with Crippen molar-refractivity contribution in [3.8, 4) is 0 Å². The minimum atomic E-state index is 0.0442. The summed E-state index contributed by atoms with van der Waals surface area (Å²) in [6.07, 6.45) is 1.40. The third-order valence-electron chi connectivity index (χ3n) is 1.93. The van der Waals surface area contributed by atoms with Gasteiger partial charge in [-0.25, -0.2) is 0 Å². The van der Waals surface area contributed by atoms with Crippen LogP contribution in [0.25, 0.3) is 0 Å². The van der Waals surface area contributed by atoms with E-state index >= 15 is 0 Å². The van der Waals surface area contributed by atoms with Crippen molar-refractivity contribution in [3.05, 3.63) is 26.6 Å². The summed E-state index contributed by atoms with van der Waals surface area (Å²) in [4.78, 5) is 11.4. The molecule has 0 radical (unpaired) electrons. The van der Waals surface area contributed by atoms with E-state index < -0.39 is 0 Å². The zero-order chi connectivity index (χ0) is 11.4. The minimum Gasteiger partial charge on any atom is -0.324 e. The van der Waals surface area contributed by atoms with Crippen LogP contribution in [0.5, 0.6) is 0 Å². The lowest BCUT2D eigenvalue weighted by atomic mass is 10.2. The summed E-state index contributed by atoms with van der Waals surface area (Å²) in [5, 5.41) is 2.87. The molecule has 0 saturated heterocycles. The molecule has 4 heteroatoms. The van der Waals surface area contributed by atoms with Crippen LogP contribution in [0.15, 0.2) is 21.1 Å². The molecular formula is C11H13Br2NO. The van der Waals surface area contributed by atoms with Crippen molar-refractivity contribution in [2.24, 2.45) is 0 Å². The molecule has 0 heterocycles.